The first-order valence-electron chi connectivity index (χ1n) is 5.68. The fraction of sp³-hybridized carbons (Fsp3) is 0.0667. The summed E-state index contributed by atoms with van der Waals surface area (Å²) in [6.45, 7) is 0. The van der Waals surface area contributed by atoms with Gasteiger partial charge in [0.2, 0.25) is 0 Å². The highest BCUT2D eigenvalue weighted by Crippen LogP contribution is 2.35. The van der Waals surface area contributed by atoms with Crippen molar-refractivity contribution in [2.24, 2.45) is 0 Å². The normalized spacial score (nSPS) is 10.2. The molecule has 0 unspecified atom stereocenters. The number of methoxy groups -OCH3 is 1. The Morgan fingerprint density at radius 3 is 2.30 bits per heavy atom. The first kappa shape index (κ1) is 14.8. The summed E-state index contributed by atoms with van der Waals surface area (Å²) in [4.78, 5) is 22.4. The Morgan fingerprint density at radius 2 is 1.70 bits per heavy atom. The Kier molecular flexibility index (Phi) is 4.57. The lowest BCUT2D eigenvalue weighted by atomic mass is 9.96. The molecule has 2 rings (SSSR count). The van der Waals surface area contributed by atoms with E-state index in [2.05, 4.69) is 15.9 Å². The lowest BCUT2D eigenvalue weighted by Crippen LogP contribution is -1.95. The van der Waals surface area contributed by atoms with Crippen molar-refractivity contribution in [2.75, 3.05) is 7.11 Å². The van der Waals surface area contributed by atoms with E-state index in [1.54, 1.807) is 30.3 Å². The fourth-order valence-corrected chi connectivity index (χ4v) is 2.62. The van der Waals surface area contributed by atoms with Crippen molar-refractivity contribution in [2.45, 2.75) is 0 Å². The van der Waals surface area contributed by atoms with E-state index in [9.17, 15) is 9.59 Å². The largest absolute Gasteiger partial charge is 0.496 e. The minimum absolute atomic E-state index is 0.447. The molecule has 0 saturated heterocycles. The highest BCUT2D eigenvalue weighted by atomic mass is 79.9. The fourth-order valence-electron chi connectivity index (χ4n) is 1.92. The maximum absolute atomic E-state index is 11.3. The van der Waals surface area contributed by atoms with Gasteiger partial charge in [-0.1, -0.05) is 11.6 Å². The molecule has 0 amide bonds. The van der Waals surface area contributed by atoms with Crippen molar-refractivity contribution in [1.29, 1.82) is 0 Å². The second-order valence-electron chi connectivity index (χ2n) is 4.04. The predicted molar refractivity (Wildman–Crippen MR) is 81.9 cm³/mol. The number of ether oxygens (including phenoxy) is 1. The highest BCUT2D eigenvalue weighted by Gasteiger charge is 2.14. The van der Waals surface area contributed by atoms with Gasteiger partial charge in [-0.2, -0.15) is 0 Å². The van der Waals surface area contributed by atoms with E-state index in [1.165, 1.54) is 7.11 Å². The smallest absolute Gasteiger partial charge is 0.150 e. The molecule has 0 N–H and O–H groups in total. The summed E-state index contributed by atoms with van der Waals surface area (Å²) in [5.74, 6) is 0.572. The third-order valence-corrected chi connectivity index (χ3v) is 3.74. The van der Waals surface area contributed by atoms with Crippen LogP contribution in [-0.4, -0.2) is 19.7 Å². The Hall–Kier alpha value is -1.65. The molecule has 0 radical (unpaired) electrons. The van der Waals surface area contributed by atoms with Crippen LogP contribution in [0.3, 0.4) is 0 Å². The number of carbonyl (C=O) groups excluding carboxylic acids is 2. The van der Waals surface area contributed by atoms with Gasteiger partial charge in [-0.15, -0.1) is 0 Å². The maximum atomic E-state index is 11.3. The number of hydrogen-bond donors (Lipinski definition) is 0. The molecule has 3 nitrogen and oxygen atoms in total. The second kappa shape index (κ2) is 6.20. The summed E-state index contributed by atoms with van der Waals surface area (Å²) < 4.78 is 5.89. The van der Waals surface area contributed by atoms with E-state index < -0.39 is 0 Å². The van der Waals surface area contributed by atoms with Gasteiger partial charge in [-0.3, -0.25) is 9.59 Å². The van der Waals surface area contributed by atoms with Crippen molar-refractivity contribution in [3.63, 3.8) is 0 Å². The molecule has 0 bridgehead atoms. The van der Waals surface area contributed by atoms with Gasteiger partial charge in [0, 0.05) is 16.1 Å². The predicted octanol–water partition coefficient (Wildman–Crippen LogP) is 4.40. The number of hydrogen-bond acceptors (Lipinski definition) is 3. The highest BCUT2D eigenvalue weighted by molar-refractivity contribution is 9.10. The number of benzene rings is 2. The van der Waals surface area contributed by atoms with E-state index >= 15 is 0 Å². The van der Waals surface area contributed by atoms with Gasteiger partial charge < -0.3 is 4.74 Å². The number of halogens is 2. The van der Waals surface area contributed by atoms with E-state index in [1.807, 2.05) is 0 Å². The molecule has 0 aliphatic heterocycles. The molecule has 102 valence electrons. The minimum Gasteiger partial charge on any atom is -0.496 e. The molecular weight excluding hydrogens is 344 g/mol. The molecule has 20 heavy (non-hydrogen) atoms. The lowest BCUT2D eigenvalue weighted by molar-refractivity contribution is 0.111. The summed E-state index contributed by atoms with van der Waals surface area (Å²) in [6, 6.07) is 8.25. The molecule has 0 atom stereocenters. The van der Waals surface area contributed by atoms with Crippen LogP contribution in [0, 0.1) is 0 Å². The lowest BCUT2D eigenvalue weighted by Gasteiger charge is -2.12. The van der Waals surface area contributed by atoms with Crippen LogP contribution in [-0.2, 0) is 0 Å². The molecule has 2 aromatic carbocycles. The molecule has 0 aliphatic carbocycles. The summed E-state index contributed by atoms with van der Waals surface area (Å²) in [5.41, 5.74) is 2.11. The standard InChI is InChI=1S/C15H10BrClO3/c1-20-15-6-13(10(8-19)4-14(15)16)12-5-11(17)3-2-9(12)7-18/h2-8H,1H3. The molecular formula is C15H10BrClO3. The first-order valence-corrected chi connectivity index (χ1v) is 6.85. The Bertz CT molecular complexity index is 683. The Morgan fingerprint density at radius 1 is 1.05 bits per heavy atom. The summed E-state index contributed by atoms with van der Waals surface area (Å²) in [6.07, 6.45) is 1.46. The number of rotatable bonds is 4. The van der Waals surface area contributed by atoms with E-state index in [4.69, 9.17) is 16.3 Å². The molecule has 0 fully saturated rings. The van der Waals surface area contributed by atoms with Crippen LogP contribution in [0.4, 0.5) is 0 Å². The molecule has 5 heteroatoms. The van der Waals surface area contributed by atoms with Crippen LogP contribution in [0.1, 0.15) is 20.7 Å². The van der Waals surface area contributed by atoms with Crippen molar-refractivity contribution >= 4 is 40.1 Å². The molecule has 0 saturated carbocycles. The topological polar surface area (TPSA) is 43.4 Å². The van der Waals surface area contributed by atoms with E-state index in [0.717, 1.165) is 12.6 Å². The third-order valence-electron chi connectivity index (χ3n) is 2.88. The van der Waals surface area contributed by atoms with Gasteiger partial charge in [0.15, 0.2) is 12.6 Å². The van der Waals surface area contributed by atoms with Crippen molar-refractivity contribution < 1.29 is 14.3 Å². The van der Waals surface area contributed by atoms with Crippen LogP contribution in [0.25, 0.3) is 11.1 Å². The molecule has 2 aromatic rings. The van der Waals surface area contributed by atoms with Gasteiger partial charge in [-0.25, -0.2) is 0 Å². The zero-order chi connectivity index (χ0) is 14.7. The SMILES string of the molecule is COc1cc(-c2cc(Cl)ccc2C=O)c(C=O)cc1Br. The van der Waals surface area contributed by atoms with Crippen molar-refractivity contribution in [1.82, 2.24) is 0 Å². The van der Waals surface area contributed by atoms with Gasteiger partial charge >= 0.3 is 0 Å². The van der Waals surface area contributed by atoms with Crippen LogP contribution < -0.4 is 4.74 Å². The molecule has 0 spiro atoms. The van der Waals surface area contributed by atoms with Crippen LogP contribution in [0.15, 0.2) is 34.8 Å². The van der Waals surface area contributed by atoms with Crippen molar-refractivity contribution in [3.8, 4) is 16.9 Å². The van der Waals surface area contributed by atoms with Gasteiger partial charge in [0.1, 0.15) is 5.75 Å². The summed E-state index contributed by atoms with van der Waals surface area (Å²) >= 11 is 9.30. The van der Waals surface area contributed by atoms with Gasteiger partial charge in [0.25, 0.3) is 0 Å². The van der Waals surface area contributed by atoms with Gasteiger partial charge in [-0.05, 0) is 57.4 Å². The second-order valence-corrected chi connectivity index (χ2v) is 5.33. The average Bonchev–Trinajstić information content (AvgIpc) is 2.46. The number of carbonyl (C=O) groups is 2. The quantitative estimate of drug-likeness (QED) is 0.765. The third kappa shape index (κ3) is 2.76. The summed E-state index contributed by atoms with van der Waals surface area (Å²) in [7, 11) is 1.53. The zero-order valence-corrected chi connectivity index (χ0v) is 12.9. The van der Waals surface area contributed by atoms with Crippen LogP contribution in [0.5, 0.6) is 5.75 Å². The molecule has 0 aliphatic rings. The summed E-state index contributed by atoms with van der Waals surface area (Å²) in [5, 5.41) is 0.490. The minimum atomic E-state index is 0.447. The van der Waals surface area contributed by atoms with E-state index in [0.29, 0.717) is 37.5 Å². The van der Waals surface area contributed by atoms with Crippen molar-refractivity contribution in [3.05, 3.63) is 51.0 Å². The zero-order valence-electron chi connectivity index (χ0n) is 10.5. The van der Waals surface area contributed by atoms with Gasteiger partial charge in [0.05, 0.1) is 11.6 Å². The van der Waals surface area contributed by atoms with Crippen LogP contribution in [0.2, 0.25) is 5.02 Å². The number of aldehydes is 2. The Labute approximate surface area is 129 Å². The Balaban J connectivity index is 2.77. The van der Waals surface area contributed by atoms with E-state index in [-0.39, 0.29) is 0 Å². The molecule has 0 heterocycles. The molecule has 0 aromatic heterocycles. The average molecular weight is 354 g/mol. The van der Waals surface area contributed by atoms with Crippen LogP contribution >= 0.6 is 27.5 Å². The first-order chi connectivity index (χ1) is 9.60. The maximum Gasteiger partial charge on any atom is 0.150 e. The monoisotopic (exact) mass is 352 g/mol.